The number of nitrogen functional groups attached to an aromatic ring is 1. The highest BCUT2D eigenvalue weighted by Gasteiger charge is 2.11. The minimum Gasteiger partial charge on any atom is -0.420 e. The Morgan fingerprint density at radius 1 is 1.29 bits per heavy atom. The van der Waals surface area contributed by atoms with Gasteiger partial charge in [0.1, 0.15) is 0 Å². The summed E-state index contributed by atoms with van der Waals surface area (Å²) in [6.07, 6.45) is 0. The average molecular weight is 318 g/mol. The van der Waals surface area contributed by atoms with Gasteiger partial charge in [0, 0.05) is 5.56 Å². The van der Waals surface area contributed by atoms with Crippen molar-refractivity contribution in [3.8, 4) is 11.5 Å². The number of thiazole rings is 1. The topological polar surface area (TPSA) is 77.8 Å². The molecule has 2 aromatic heterocycles. The van der Waals surface area contributed by atoms with Gasteiger partial charge >= 0.3 is 0 Å². The third-order valence-corrected chi connectivity index (χ3v) is 5.16. The third-order valence-electron chi connectivity index (χ3n) is 2.83. The number of nitrogens with two attached hydrogens (primary N) is 1. The lowest BCUT2D eigenvalue weighted by molar-refractivity contribution is 0.528. The number of rotatable bonds is 4. The van der Waals surface area contributed by atoms with Gasteiger partial charge in [-0.2, -0.15) is 0 Å². The molecule has 0 fully saturated rings. The van der Waals surface area contributed by atoms with Crippen molar-refractivity contribution in [3.05, 3.63) is 41.4 Å². The molecule has 0 radical (unpaired) electrons. The van der Waals surface area contributed by atoms with Gasteiger partial charge in [-0.1, -0.05) is 29.0 Å². The fourth-order valence-electron chi connectivity index (χ4n) is 1.87. The lowest BCUT2D eigenvalue weighted by Crippen LogP contribution is -1.81. The van der Waals surface area contributed by atoms with Crippen LogP contribution in [0.1, 0.15) is 17.1 Å². The summed E-state index contributed by atoms with van der Waals surface area (Å²) < 4.78 is 6.79. The van der Waals surface area contributed by atoms with Crippen LogP contribution < -0.4 is 5.73 Å². The predicted molar refractivity (Wildman–Crippen MR) is 85.3 cm³/mol. The molecule has 0 amide bonds. The number of benzene rings is 1. The van der Waals surface area contributed by atoms with E-state index in [1.807, 2.05) is 38.1 Å². The summed E-state index contributed by atoms with van der Waals surface area (Å²) in [5.74, 6) is 1.76. The fourth-order valence-corrected chi connectivity index (χ4v) is 3.73. The maximum Gasteiger partial charge on any atom is 0.247 e. The molecule has 0 bridgehead atoms. The summed E-state index contributed by atoms with van der Waals surface area (Å²) in [5.41, 5.74) is 8.74. The summed E-state index contributed by atoms with van der Waals surface area (Å²) >= 11 is 3.09. The number of aryl methyl sites for hydroxylation is 2. The smallest absolute Gasteiger partial charge is 0.247 e. The Balaban J connectivity index is 1.72. The van der Waals surface area contributed by atoms with Gasteiger partial charge in [-0.15, -0.1) is 22.0 Å². The highest BCUT2D eigenvalue weighted by molar-refractivity contribution is 8.00. The summed E-state index contributed by atoms with van der Waals surface area (Å²) in [6, 6.07) is 8.00. The van der Waals surface area contributed by atoms with Crippen molar-refractivity contribution in [1.82, 2.24) is 15.2 Å². The van der Waals surface area contributed by atoms with E-state index < -0.39 is 0 Å². The number of nitrogens with zero attached hydrogens (tertiary/aromatic N) is 3. The van der Waals surface area contributed by atoms with Crippen molar-refractivity contribution in [1.29, 1.82) is 0 Å². The molecular formula is C14H14N4OS2. The molecule has 0 unspecified atom stereocenters. The predicted octanol–water partition coefficient (Wildman–Crippen LogP) is 3.68. The number of hydrogen-bond donors (Lipinski definition) is 1. The van der Waals surface area contributed by atoms with Gasteiger partial charge in [0.15, 0.2) is 5.13 Å². The van der Waals surface area contributed by atoms with Gasteiger partial charge in [-0.05, 0) is 26.0 Å². The molecule has 21 heavy (non-hydrogen) atoms. The van der Waals surface area contributed by atoms with Crippen LogP contribution >= 0.6 is 23.1 Å². The maximum atomic E-state index is 5.70. The second kappa shape index (κ2) is 5.87. The Morgan fingerprint density at radius 2 is 2.14 bits per heavy atom. The van der Waals surface area contributed by atoms with Gasteiger partial charge < -0.3 is 10.2 Å². The van der Waals surface area contributed by atoms with Crippen molar-refractivity contribution in [3.63, 3.8) is 0 Å². The van der Waals surface area contributed by atoms with Crippen LogP contribution in [0.15, 0.2) is 32.9 Å². The molecule has 3 rings (SSSR count). The third kappa shape index (κ3) is 3.25. The molecule has 5 nitrogen and oxygen atoms in total. The van der Waals surface area contributed by atoms with E-state index in [0.717, 1.165) is 21.0 Å². The summed E-state index contributed by atoms with van der Waals surface area (Å²) in [4.78, 5) is 4.19. The van der Waals surface area contributed by atoms with Crippen molar-refractivity contribution < 1.29 is 4.42 Å². The second-order valence-electron chi connectivity index (χ2n) is 4.58. The fraction of sp³-hybridized carbons (Fsp3) is 0.214. The number of thioether (sulfide) groups is 1. The van der Waals surface area contributed by atoms with Crippen LogP contribution in [0.3, 0.4) is 0 Å². The van der Waals surface area contributed by atoms with Crippen LogP contribution in [0.5, 0.6) is 0 Å². The first kappa shape index (κ1) is 14.1. The number of aromatic nitrogens is 3. The van der Waals surface area contributed by atoms with Gasteiger partial charge in [0.25, 0.3) is 0 Å². The van der Waals surface area contributed by atoms with Crippen molar-refractivity contribution in [2.24, 2.45) is 0 Å². The monoisotopic (exact) mass is 318 g/mol. The van der Waals surface area contributed by atoms with Crippen LogP contribution in [0, 0.1) is 13.8 Å². The molecule has 0 atom stereocenters. The van der Waals surface area contributed by atoms with Crippen molar-refractivity contribution in [2.75, 3.05) is 5.73 Å². The Bertz CT molecular complexity index is 766. The Morgan fingerprint density at radius 3 is 2.86 bits per heavy atom. The molecule has 0 aliphatic heterocycles. The van der Waals surface area contributed by atoms with E-state index in [1.54, 1.807) is 11.8 Å². The average Bonchev–Trinajstić information content (AvgIpc) is 3.03. The summed E-state index contributed by atoms with van der Waals surface area (Å²) in [6.45, 7) is 3.98. The van der Waals surface area contributed by atoms with Crippen LogP contribution in [-0.2, 0) is 5.75 Å². The zero-order valence-corrected chi connectivity index (χ0v) is 13.3. The molecule has 7 heteroatoms. The van der Waals surface area contributed by atoms with Crippen molar-refractivity contribution >= 4 is 28.2 Å². The zero-order valence-electron chi connectivity index (χ0n) is 11.7. The molecular weight excluding hydrogens is 304 g/mol. The van der Waals surface area contributed by atoms with E-state index in [-0.39, 0.29) is 0 Å². The van der Waals surface area contributed by atoms with E-state index in [1.165, 1.54) is 11.3 Å². The highest BCUT2D eigenvalue weighted by atomic mass is 32.2. The molecule has 1 aromatic carbocycles. The minimum absolute atomic E-state index is 0.551. The zero-order chi connectivity index (χ0) is 14.8. The van der Waals surface area contributed by atoms with Gasteiger partial charge in [-0.25, -0.2) is 4.98 Å². The molecule has 2 heterocycles. The van der Waals surface area contributed by atoms with Gasteiger partial charge in [-0.3, -0.25) is 0 Å². The van der Waals surface area contributed by atoms with E-state index in [0.29, 0.717) is 22.7 Å². The molecule has 0 spiro atoms. The summed E-state index contributed by atoms with van der Waals surface area (Å²) in [5, 5.41) is 8.77. The lowest BCUT2D eigenvalue weighted by atomic mass is 10.1. The lowest BCUT2D eigenvalue weighted by Gasteiger charge is -1.96. The van der Waals surface area contributed by atoms with Crippen LogP contribution in [-0.4, -0.2) is 15.2 Å². The standard InChI is InChI=1S/C14H14N4OS2/c1-8-4-3-5-10(6-8)12-18-17-11(19-12)7-20-13-9(2)16-14(15)21-13/h3-6H,7H2,1-2H3,(H2,15,16). The molecule has 0 saturated heterocycles. The number of hydrogen-bond acceptors (Lipinski definition) is 7. The van der Waals surface area contributed by atoms with Gasteiger partial charge in [0.05, 0.1) is 15.7 Å². The SMILES string of the molecule is Cc1cccc(-c2nnc(CSc3sc(N)nc3C)o2)c1. The normalized spacial score (nSPS) is 11.0. The first-order valence-electron chi connectivity index (χ1n) is 6.37. The first-order chi connectivity index (χ1) is 10.1. The van der Waals surface area contributed by atoms with E-state index in [4.69, 9.17) is 10.2 Å². The number of anilines is 1. The maximum absolute atomic E-state index is 5.70. The molecule has 0 aliphatic rings. The van der Waals surface area contributed by atoms with Crippen molar-refractivity contribution in [2.45, 2.75) is 23.8 Å². The highest BCUT2D eigenvalue weighted by Crippen LogP contribution is 2.32. The Labute approximate surface area is 130 Å². The van der Waals surface area contributed by atoms with E-state index in [2.05, 4.69) is 15.2 Å². The van der Waals surface area contributed by atoms with Crippen LogP contribution in [0.25, 0.3) is 11.5 Å². The molecule has 3 aromatic rings. The molecule has 2 N–H and O–H groups in total. The Kier molecular flexibility index (Phi) is 3.94. The van der Waals surface area contributed by atoms with Crippen LogP contribution in [0.4, 0.5) is 5.13 Å². The summed E-state index contributed by atoms with van der Waals surface area (Å²) in [7, 11) is 0. The minimum atomic E-state index is 0.551. The quantitative estimate of drug-likeness (QED) is 0.739. The second-order valence-corrected chi connectivity index (χ2v) is 6.86. The van der Waals surface area contributed by atoms with Crippen LogP contribution in [0.2, 0.25) is 0 Å². The Hall–Kier alpha value is -1.86. The molecule has 0 aliphatic carbocycles. The van der Waals surface area contributed by atoms with E-state index in [9.17, 15) is 0 Å². The molecule has 0 saturated carbocycles. The molecule has 108 valence electrons. The van der Waals surface area contributed by atoms with E-state index >= 15 is 0 Å². The largest absolute Gasteiger partial charge is 0.420 e. The first-order valence-corrected chi connectivity index (χ1v) is 8.17. The van der Waals surface area contributed by atoms with Gasteiger partial charge in [0.2, 0.25) is 11.8 Å².